The summed E-state index contributed by atoms with van der Waals surface area (Å²) in [6, 6.07) is 6.44. The first-order valence-corrected chi connectivity index (χ1v) is 6.91. The molecule has 0 aromatic heterocycles. The van der Waals surface area contributed by atoms with Crippen LogP contribution in [0.15, 0.2) is 18.2 Å². The number of nitrogens with one attached hydrogen (secondary N) is 1. The maximum absolute atomic E-state index is 5.64. The van der Waals surface area contributed by atoms with Crippen LogP contribution in [0.3, 0.4) is 0 Å². The zero-order chi connectivity index (χ0) is 12.4. The third kappa shape index (κ3) is 2.32. The molecular weight excluding hydrogens is 226 g/mol. The van der Waals surface area contributed by atoms with Gasteiger partial charge in [0.25, 0.3) is 0 Å². The molecule has 0 saturated heterocycles. The lowest BCUT2D eigenvalue weighted by Gasteiger charge is -2.36. The standard InChI is InChI=1S/C15H21NO2/c1-16-5-4-11-8-13(9-11)12-2-3-14-15(10-12)18-7-6-17-14/h2-3,10-11,13,16H,4-9H2,1H3. The van der Waals surface area contributed by atoms with Gasteiger partial charge < -0.3 is 14.8 Å². The quantitative estimate of drug-likeness (QED) is 0.887. The van der Waals surface area contributed by atoms with Gasteiger partial charge in [-0.05, 0) is 62.4 Å². The van der Waals surface area contributed by atoms with Gasteiger partial charge in [-0.25, -0.2) is 0 Å². The summed E-state index contributed by atoms with van der Waals surface area (Å²) in [5.74, 6) is 3.45. The van der Waals surface area contributed by atoms with Crippen molar-refractivity contribution < 1.29 is 9.47 Å². The van der Waals surface area contributed by atoms with Gasteiger partial charge in [-0.2, -0.15) is 0 Å². The Morgan fingerprint density at radius 1 is 1.17 bits per heavy atom. The summed E-state index contributed by atoms with van der Waals surface area (Å²) in [4.78, 5) is 0. The average molecular weight is 247 g/mol. The molecular formula is C15H21NO2. The van der Waals surface area contributed by atoms with Crippen molar-refractivity contribution in [3.63, 3.8) is 0 Å². The Morgan fingerprint density at radius 3 is 2.72 bits per heavy atom. The number of benzene rings is 1. The molecule has 0 bridgehead atoms. The van der Waals surface area contributed by atoms with E-state index in [2.05, 4.69) is 23.5 Å². The predicted molar refractivity (Wildman–Crippen MR) is 71.4 cm³/mol. The van der Waals surface area contributed by atoms with Crippen molar-refractivity contribution in [2.45, 2.75) is 25.2 Å². The third-order valence-electron chi connectivity index (χ3n) is 4.08. The average Bonchev–Trinajstić information content (AvgIpc) is 2.37. The highest BCUT2D eigenvalue weighted by atomic mass is 16.6. The highest BCUT2D eigenvalue weighted by molar-refractivity contribution is 5.45. The normalized spacial score (nSPS) is 25.6. The minimum atomic E-state index is 0.669. The van der Waals surface area contributed by atoms with Gasteiger partial charge in [0.15, 0.2) is 11.5 Å². The molecule has 1 fully saturated rings. The molecule has 3 rings (SSSR count). The van der Waals surface area contributed by atoms with Gasteiger partial charge in [0.1, 0.15) is 13.2 Å². The van der Waals surface area contributed by atoms with E-state index in [1.807, 2.05) is 7.05 Å². The number of rotatable bonds is 4. The van der Waals surface area contributed by atoms with Crippen LogP contribution in [0.25, 0.3) is 0 Å². The number of hydrogen-bond donors (Lipinski definition) is 1. The molecule has 1 saturated carbocycles. The van der Waals surface area contributed by atoms with E-state index in [-0.39, 0.29) is 0 Å². The molecule has 18 heavy (non-hydrogen) atoms. The van der Waals surface area contributed by atoms with Gasteiger partial charge in [0, 0.05) is 0 Å². The molecule has 1 N–H and O–H groups in total. The minimum Gasteiger partial charge on any atom is -0.486 e. The zero-order valence-corrected chi connectivity index (χ0v) is 10.9. The van der Waals surface area contributed by atoms with Gasteiger partial charge in [-0.3, -0.25) is 0 Å². The number of fused-ring (bicyclic) bond motifs is 1. The highest BCUT2D eigenvalue weighted by Crippen LogP contribution is 2.45. The van der Waals surface area contributed by atoms with Crippen molar-refractivity contribution in [3.05, 3.63) is 23.8 Å². The van der Waals surface area contributed by atoms with Gasteiger partial charge >= 0.3 is 0 Å². The lowest BCUT2D eigenvalue weighted by atomic mass is 9.70. The highest BCUT2D eigenvalue weighted by Gasteiger charge is 2.30. The summed E-state index contributed by atoms with van der Waals surface area (Å²) in [5.41, 5.74) is 1.42. The Kier molecular flexibility index (Phi) is 3.41. The van der Waals surface area contributed by atoms with Crippen LogP contribution < -0.4 is 14.8 Å². The molecule has 1 heterocycles. The van der Waals surface area contributed by atoms with E-state index < -0.39 is 0 Å². The molecule has 1 aromatic rings. The van der Waals surface area contributed by atoms with Crippen molar-refractivity contribution in [2.24, 2.45) is 5.92 Å². The van der Waals surface area contributed by atoms with Crippen molar-refractivity contribution in [1.82, 2.24) is 5.32 Å². The Morgan fingerprint density at radius 2 is 1.94 bits per heavy atom. The van der Waals surface area contributed by atoms with Gasteiger partial charge in [0.05, 0.1) is 0 Å². The van der Waals surface area contributed by atoms with Gasteiger partial charge in [0.2, 0.25) is 0 Å². The van der Waals surface area contributed by atoms with E-state index in [0.29, 0.717) is 13.2 Å². The fourth-order valence-corrected chi connectivity index (χ4v) is 2.91. The monoisotopic (exact) mass is 247 g/mol. The second kappa shape index (κ2) is 5.19. The Labute approximate surface area is 108 Å². The van der Waals surface area contributed by atoms with E-state index in [4.69, 9.17) is 9.47 Å². The summed E-state index contributed by atoms with van der Waals surface area (Å²) in [5, 5.41) is 3.23. The Balaban J connectivity index is 1.61. The van der Waals surface area contributed by atoms with Crippen LogP contribution in [-0.2, 0) is 0 Å². The van der Waals surface area contributed by atoms with Crippen LogP contribution in [0.2, 0.25) is 0 Å². The Bertz CT molecular complexity index is 413. The second-order valence-electron chi connectivity index (χ2n) is 5.33. The first-order valence-electron chi connectivity index (χ1n) is 6.91. The van der Waals surface area contributed by atoms with Crippen LogP contribution in [-0.4, -0.2) is 26.8 Å². The first kappa shape index (κ1) is 11.8. The molecule has 3 heteroatoms. The van der Waals surface area contributed by atoms with E-state index in [1.54, 1.807) is 0 Å². The largest absolute Gasteiger partial charge is 0.486 e. The molecule has 0 unspecified atom stereocenters. The Hall–Kier alpha value is -1.22. The van der Waals surface area contributed by atoms with Crippen molar-refractivity contribution in [2.75, 3.05) is 26.8 Å². The minimum absolute atomic E-state index is 0.669. The maximum atomic E-state index is 5.64. The van der Waals surface area contributed by atoms with Crippen LogP contribution in [0.1, 0.15) is 30.7 Å². The summed E-state index contributed by atoms with van der Waals surface area (Å²) in [7, 11) is 2.02. The van der Waals surface area contributed by atoms with Crippen LogP contribution in [0.5, 0.6) is 11.5 Å². The predicted octanol–water partition coefficient (Wildman–Crippen LogP) is 2.56. The molecule has 0 amide bonds. The summed E-state index contributed by atoms with van der Waals surface area (Å²) in [6.45, 7) is 2.48. The van der Waals surface area contributed by atoms with Crippen LogP contribution >= 0.6 is 0 Å². The molecule has 1 aliphatic heterocycles. The van der Waals surface area contributed by atoms with Gasteiger partial charge in [-0.1, -0.05) is 6.07 Å². The van der Waals surface area contributed by atoms with Crippen molar-refractivity contribution in [3.8, 4) is 11.5 Å². The molecule has 1 aromatic carbocycles. The third-order valence-corrected chi connectivity index (χ3v) is 4.08. The summed E-state index contributed by atoms with van der Waals surface area (Å²) in [6.07, 6.45) is 3.94. The first-order chi connectivity index (χ1) is 8.86. The van der Waals surface area contributed by atoms with E-state index in [9.17, 15) is 0 Å². The van der Waals surface area contributed by atoms with Crippen molar-refractivity contribution >= 4 is 0 Å². The van der Waals surface area contributed by atoms with Gasteiger partial charge in [-0.15, -0.1) is 0 Å². The topological polar surface area (TPSA) is 30.5 Å². The molecule has 1 aliphatic carbocycles. The van der Waals surface area contributed by atoms with Crippen LogP contribution in [0, 0.1) is 5.92 Å². The molecule has 0 spiro atoms. The van der Waals surface area contributed by atoms with E-state index in [1.165, 1.54) is 24.8 Å². The number of ether oxygens (including phenoxy) is 2. The smallest absolute Gasteiger partial charge is 0.161 e. The molecule has 3 nitrogen and oxygen atoms in total. The molecule has 98 valence electrons. The number of hydrogen-bond acceptors (Lipinski definition) is 3. The summed E-state index contributed by atoms with van der Waals surface area (Å²) >= 11 is 0. The lowest BCUT2D eigenvalue weighted by molar-refractivity contribution is 0.170. The SMILES string of the molecule is CNCCC1CC(c2ccc3c(c2)OCCO3)C1. The van der Waals surface area contributed by atoms with E-state index in [0.717, 1.165) is 29.9 Å². The van der Waals surface area contributed by atoms with Crippen molar-refractivity contribution in [1.29, 1.82) is 0 Å². The van der Waals surface area contributed by atoms with E-state index >= 15 is 0 Å². The molecule has 2 aliphatic rings. The molecule has 0 radical (unpaired) electrons. The maximum Gasteiger partial charge on any atom is 0.161 e. The lowest BCUT2D eigenvalue weighted by Crippen LogP contribution is -2.25. The zero-order valence-electron chi connectivity index (χ0n) is 10.9. The fraction of sp³-hybridized carbons (Fsp3) is 0.600. The molecule has 0 atom stereocenters. The van der Waals surface area contributed by atoms with Crippen LogP contribution in [0.4, 0.5) is 0 Å². The second-order valence-corrected chi connectivity index (χ2v) is 5.33. The summed E-state index contributed by atoms with van der Waals surface area (Å²) < 4.78 is 11.2. The fourth-order valence-electron chi connectivity index (χ4n) is 2.91.